The summed E-state index contributed by atoms with van der Waals surface area (Å²) in [6.07, 6.45) is 6.21. The third-order valence-electron chi connectivity index (χ3n) is 4.32. The standard InChI is InChI=1S/C19H22ClN3O2/c1-25-18-9-7-14(12-16(18)20)22-15-6-8-17(21-13-15)19(24)23-10-4-2-3-5-11-23/h6-9,12-13,22H,2-5,10-11H2,1H3. The van der Waals surface area contributed by atoms with E-state index in [2.05, 4.69) is 10.3 Å². The number of carbonyl (C=O) groups excluding carboxylic acids is 1. The van der Waals surface area contributed by atoms with Gasteiger partial charge < -0.3 is 15.0 Å². The van der Waals surface area contributed by atoms with Crippen molar-refractivity contribution < 1.29 is 9.53 Å². The van der Waals surface area contributed by atoms with Gasteiger partial charge in [0.2, 0.25) is 0 Å². The molecule has 1 aliphatic rings. The van der Waals surface area contributed by atoms with Crippen molar-refractivity contribution in [1.82, 2.24) is 9.88 Å². The molecule has 0 atom stereocenters. The number of carbonyl (C=O) groups is 1. The van der Waals surface area contributed by atoms with Gasteiger partial charge >= 0.3 is 0 Å². The molecule has 3 rings (SSSR count). The SMILES string of the molecule is COc1ccc(Nc2ccc(C(=O)N3CCCCCC3)nc2)cc1Cl. The second-order valence-corrected chi connectivity index (χ2v) is 6.52. The molecule has 25 heavy (non-hydrogen) atoms. The van der Waals surface area contributed by atoms with Crippen molar-refractivity contribution in [3.63, 3.8) is 0 Å². The molecule has 2 heterocycles. The minimum atomic E-state index is 0.0148. The van der Waals surface area contributed by atoms with E-state index in [1.54, 1.807) is 31.5 Å². The van der Waals surface area contributed by atoms with Crippen LogP contribution >= 0.6 is 11.6 Å². The molecule has 1 aromatic heterocycles. The fraction of sp³-hybridized carbons (Fsp3) is 0.368. The van der Waals surface area contributed by atoms with Crippen molar-refractivity contribution in [3.8, 4) is 5.75 Å². The average molecular weight is 360 g/mol. The van der Waals surface area contributed by atoms with E-state index in [1.165, 1.54) is 12.8 Å². The zero-order chi connectivity index (χ0) is 17.6. The van der Waals surface area contributed by atoms with Crippen LogP contribution in [0.2, 0.25) is 5.02 Å². The maximum atomic E-state index is 12.5. The summed E-state index contributed by atoms with van der Waals surface area (Å²) in [6.45, 7) is 1.65. The number of hydrogen-bond donors (Lipinski definition) is 1. The monoisotopic (exact) mass is 359 g/mol. The Morgan fingerprint density at radius 2 is 1.84 bits per heavy atom. The molecule has 6 heteroatoms. The normalized spacial score (nSPS) is 14.7. The molecule has 1 saturated heterocycles. The number of halogens is 1. The first-order valence-corrected chi connectivity index (χ1v) is 8.91. The van der Waals surface area contributed by atoms with E-state index in [-0.39, 0.29) is 5.91 Å². The zero-order valence-electron chi connectivity index (χ0n) is 14.3. The molecule has 132 valence electrons. The first-order valence-electron chi connectivity index (χ1n) is 8.53. The minimum absolute atomic E-state index is 0.0148. The molecule has 0 bridgehead atoms. The van der Waals surface area contributed by atoms with Crippen molar-refractivity contribution in [3.05, 3.63) is 47.2 Å². The number of methoxy groups -OCH3 is 1. The second kappa shape index (κ2) is 8.21. The van der Waals surface area contributed by atoms with Gasteiger partial charge in [-0.15, -0.1) is 0 Å². The Balaban J connectivity index is 1.67. The Morgan fingerprint density at radius 1 is 1.12 bits per heavy atom. The molecule has 0 aliphatic carbocycles. The van der Waals surface area contributed by atoms with Gasteiger partial charge in [0.25, 0.3) is 5.91 Å². The molecule has 1 fully saturated rings. The van der Waals surface area contributed by atoms with Crippen molar-refractivity contribution in [2.24, 2.45) is 0 Å². The quantitative estimate of drug-likeness (QED) is 0.873. The summed E-state index contributed by atoms with van der Waals surface area (Å²) in [5.41, 5.74) is 2.12. The molecule has 1 amide bonds. The van der Waals surface area contributed by atoms with Crippen molar-refractivity contribution >= 4 is 28.9 Å². The number of aromatic nitrogens is 1. The molecule has 0 radical (unpaired) electrons. The zero-order valence-corrected chi connectivity index (χ0v) is 15.1. The number of nitrogens with one attached hydrogen (secondary N) is 1. The summed E-state index contributed by atoms with van der Waals surface area (Å²) in [5, 5.41) is 3.76. The van der Waals surface area contributed by atoms with Crippen molar-refractivity contribution in [1.29, 1.82) is 0 Å². The van der Waals surface area contributed by atoms with Gasteiger partial charge in [-0.05, 0) is 43.2 Å². The molecular weight excluding hydrogens is 338 g/mol. The second-order valence-electron chi connectivity index (χ2n) is 6.11. The van der Waals surface area contributed by atoms with E-state index in [1.807, 2.05) is 17.0 Å². The van der Waals surface area contributed by atoms with Crippen LogP contribution in [0.5, 0.6) is 5.75 Å². The summed E-state index contributed by atoms with van der Waals surface area (Å²) < 4.78 is 5.14. The van der Waals surface area contributed by atoms with Gasteiger partial charge in [0.1, 0.15) is 11.4 Å². The van der Waals surface area contributed by atoms with Gasteiger partial charge in [0.05, 0.1) is 24.0 Å². The highest BCUT2D eigenvalue weighted by Crippen LogP contribution is 2.28. The van der Waals surface area contributed by atoms with Crippen LogP contribution in [-0.2, 0) is 0 Å². The number of rotatable bonds is 4. The van der Waals surface area contributed by atoms with Crippen LogP contribution in [0.25, 0.3) is 0 Å². The molecule has 1 aromatic carbocycles. The van der Waals surface area contributed by atoms with Gasteiger partial charge in [-0.2, -0.15) is 0 Å². The predicted molar refractivity (Wildman–Crippen MR) is 99.9 cm³/mol. The van der Waals surface area contributed by atoms with Gasteiger partial charge in [-0.3, -0.25) is 4.79 Å². The number of pyridine rings is 1. The lowest BCUT2D eigenvalue weighted by atomic mass is 10.2. The molecular formula is C19H22ClN3O2. The lowest BCUT2D eigenvalue weighted by Gasteiger charge is -2.19. The third-order valence-corrected chi connectivity index (χ3v) is 4.61. The van der Waals surface area contributed by atoms with Crippen LogP contribution in [0.3, 0.4) is 0 Å². The van der Waals surface area contributed by atoms with E-state index < -0.39 is 0 Å². The molecule has 1 aliphatic heterocycles. The van der Waals surface area contributed by atoms with Gasteiger partial charge in [-0.25, -0.2) is 4.98 Å². The molecule has 2 aromatic rings. The number of nitrogens with zero attached hydrogens (tertiary/aromatic N) is 2. The highest BCUT2D eigenvalue weighted by Gasteiger charge is 2.18. The van der Waals surface area contributed by atoms with E-state index in [0.29, 0.717) is 16.5 Å². The first kappa shape index (κ1) is 17.5. The predicted octanol–water partition coefficient (Wildman–Crippen LogP) is 4.50. The lowest BCUT2D eigenvalue weighted by Crippen LogP contribution is -2.32. The average Bonchev–Trinajstić information content (AvgIpc) is 2.91. The highest BCUT2D eigenvalue weighted by atomic mass is 35.5. The Morgan fingerprint density at radius 3 is 2.44 bits per heavy atom. The maximum Gasteiger partial charge on any atom is 0.272 e. The highest BCUT2D eigenvalue weighted by molar-refractivity contribution is 6.32. The Kier molecular flexibility index (Phi) is 5.76. The largest absolute Gasteiger partial charge is 0.495 e. The maximum absolute atomic E-state index is 12.5. The van der Waals surface area contributed by atoms with Crippen molar-refractivity contribution in [2.45, 2.75) is 25.7 Å². The summed E-state index contributed by atoms with van der Waals surface area (Å²) in [4.78, 5) is 18.8. The van der Waals surface area contributed by atoms with E-state index >= 15 is 0 Å². The smallest absolute Gasteiger partial charge is 0.272 e. The number of amides is 1. The third kappa shape index (κ3) is 4.42. The summed E-state index contributed by atoms with van der Waals surface area (Å²) in [6, 6.07) is 9.09. The number of ether oxygens (including phenoxy) is 1. The van der Waals surface area contributed by atoms with Gasteiger partial charge in [0.15, 0.2) is 0 Å². The summed E-state index contributed by atoms with van der Waals surface area (Å²) in [5.74, 6) is 0.643. The Labute approximate surface area is 153 Å². The topological polar surface area (TPSA) is 54.5 Å². The Bertz CT molecular complexity index is 726. The molecule has 1 N–H and O–H groups in total. The molecule has 5 nitrogen and oxygen atoms in total. The fourth-order valence-corrected chi connectivity index (χ4v) is 3.20. The van der Waals surface area contributed by atoms with E-state index in [9.17, 15) is 4.79 Å². The van der Waals surface area contributed by atoms with Crippen LogP contribution in [0.1, 0.15) is 36.2 Å². The number of benzene rings is 1. The van der Waals surface area contributed by atoms with Crippen LogP contribution < -0.4 is 10.1 Å². The first-order chi connectivity index (χ1) is 12.2. The lowest BCUT2D eigenvalue weighted by molar-refractivity contribution is 0.0756. The van der Waals surface area contributed by atoms with Gasteiger partial charge in [-0.1, -0.05) is 24.4 Å². The van der Waals surface area contributed by atoms with E-state index in [0.717, 1.165) is 37.3 Å². The summed E-state index contributed by atoms with van der Waals surface area (Å²) >= 11 is 6.13. The van der Waals surface area contributed by atoms with Crippen LogP contribution in [0, 0.1) is 0 Å². The van der Waals surface area contributed by atoms with Crippen LogP contribution in [0.4, 0.5) is 11.4 Å². The van der Waals surface area contributed by atoms with E-state index in [4.69, 9.17) is 16.3 Å². The Hall–Kier alpha value is -2.27. The molecule has 0 spiro atoms. The molecule has 0 saturated carbocycles. The number of anilines is 2. The minimum Gasteiger partial charge on any atom is -0.495 e. The number of likely N-dealkylation sites (tertiary alicyclic amines) is 1. The fourth-order valence-electron chi connectivity index (χ4n) is 2.94. The summed E-state index contributed by atoms with van der Waals surface area (Å²) in [7, 11) is 1.58. The van der Waals surface area contributed by atoms with Crippen LogP contribution in [-0.4, -0.2) is 36.0 Å². The van der Waals surface area contributed by atoms with Crippen LogP contribution in [0.15, 0.2) is 36.5 Å². The van der Waals surface area contributed by atoms with Gasteiger partial charge in [0, 0.05) is 18.8 Å². The molecule has 0 unspecified atom stereocenters. The van der Waals surface area contributed by atoms with Crippen molar-refractivity contribution in [2.75, 3.05) is 25.5 Å². The number of hydrogen-bond acceptors (Lipinski definition) is 4.